The van der Waals surface area contributed by atoms with Crippen LogP contribution in [0.5, 0.6) is 0 Å². The molecule has 0 aromatic carbocycles. The Morgan fingerprint density at radius 1 is 1.70 bits per heavy atom. The predicted octanol–water partition coefficient (Wildman–Crippen LogP) is 0.137. The summed E-state index contributed by atoms with van der Waals surface area (Å²) in [5, 5.41) is 3.34. The molecule has 0 spiro atoms. The molecule has 0 aliphatic carbocycles. The Hall–Kier alpha value is -0.120. The molecule has 1 aliphatic heterocycles. The first-order valence-corrected chi connectivity index (χ1v) is 3.92. The number of piperidine rings is 1. The largest absolute Gasteiger partial charge is 0.316 e. The molecule has 0 bridgehead atoms. The Morgan fingerprint density at radius 2 is 2.60 bits per heavy atom. The zero-order chi connectivity index (χ0) is 7.23. The highest BCUT2D eigenvalue weighted by molar-refractivity contribution is 4.67. The first kappa shape index (κ1) is 7.98. The molecule has 1 saturated heterocycles. The summed E-state index contributed by atoms with van der Waals surface area (Å²) in [7, 11) is 1.80. The van der Waals surface area contributed by atoms with E-state index in [1.807, 2.05) is 0 Å². The van der Waals surface area contributed by atoms with Crippen LogP contribution in [0, 0.1) is 5.92 Å². The van der Waals surface area contributed by atoms with Crippen LogP contribution in [0.3, 0.4) is 0 Å². The fourth-order valence-corrected chi connectivity index (χ4v) is 1.27. The molecule has 10 heavy (non-hydrogen) atoms. The summed E-state index contributed by atoms with van der Waals surface area (Å²) in [6.07, 6.45) is 2.59. The van der Waals surface area contributed by atoms with Gasteiger partial charge in [0.1, 0.15) is 0 Å². The van der Waals surface area contributed by atoms with E-state index < -0.39 is 0 Å². The van der Waals surface area contributed by atoms with Crippen molar-refractivity contribution in [3.8, 4) is 0 Å². The number of rotatable bonds is 3. The predicted molar refractivity (Wildman–Crippen MR) is 40.6 cm³/mol. The van der Waals surface area contributed by atoms with Gasteiger partial charge in [-0.3, -0.25) is 0 Å². The summed E-state index contributed by atoms with van der Waals surface area (Å²) in [5.74, 6) is 0.709. The zero-order valence-electron chi connectivity index (χ0n) is 6.52. The molecule has 0 aromatic rings. The smallest absolute Gasteiger partial charge is 0.0722 e. The lowest BCUT2D eigenvalue weighted by Crippen LogP contribution is -2.33. The first-order valence-electron chi connectivity index (χ1n) is 3.92. The highest BCUT2D eigenvalue weighted by Crippen LogP contribution is 2.08. The molecular formula is C7H16N2O. The van der Waals surface area contributed by atoms with Crippen molar-refractivity contribution < 1.29 is 4.84 Å². The van der Waals surface area contributed by atoms with E-state index in [4.69, 9.17) is 4.84 Å². The Bertz CT molecular complexity index is 81.7. The van der Waals surface area contributed by atoms with Crippen LogP contribution in [0.1, 0.15) is 12.8 Å². The molecule has 1 fully saturated rings. The van der Waals surface area contributed by atoms with Crippen LogP contribution in [0.15, 0.2) is 0 Å². The lowest BCUT2D eigenvalue weighted by Gasteiger charge is -2.21. The zero-order valence-corrected chi connectivity index (χ0v) is 6.52. The second-order valence-electron chi connectivity index (χ2n) is 2.73. The Kier molecular flexibility index (Phi) is 3.72. The van der Waals surface area contributed by atoms with Crippen molar-refractivity contribution in [2.75, 3.05) is 26.7 Å². The maximum absolute atomic E-state index is 5.08. The highest BCUT2D eigenvalue weighted by atomic mass is 16.6. The van der Waals surface area contributed by atoms with Gasteiger partial charge in [0, 0.05) is 13.6 Å². The summed E-state index contributed by atoms with van der Waals surface area (Å²) in [6, 6.07) is 0. The lowest BCUT2D eigenvalue weighted by atomic mass is 10.0. The van der Waals surface area contributed by atoms with E-state index in [1.165, 1.54) is 19.4 Å². The monoisotopic (exact) mass is 144 g/mol. The van der Waals surface area contributed by atoms with E-state index >= 15 is 0 Å². The van der Waals surface area contributed by atoms with Gasteiger partial charge in [0.2, 0.25) is 0 Å². The van der Waals surface area contributed by atoms with Crippen molar-refractivity contribution in [1.82, 2.24) is 10.8 Å². The van der Waals surface area contributed by atoms with Crippen molar-refractivity contribution in [3.63, 3.8) is 0 Å². The quantitative estimate of drug-likeness (QED) is 0.553. The van der Waals surface area contributed by atoms with E-state index in [2.05, 4.69) is 10.8 Å². The molecule has 3 nitrogen and oxygen atoms in total. The molecule has 0 aromatic heterocycles. The van der Waals surface area contributed by atoms with Crippen molar-refractivity contribution in [1.29, 1.82) is 0 Å². The molecule has 1 atom stereocenters. The van der Waals surface area contributed by atoms with Gasteiger partial charge >= 0.3 is 0 Å². The summed E-state index contributed by atoms with van der Waals surface area (Å²) in [4.78, 5) is 5.08. The maximum Gasteiger partial charge on any atom is 0.0722 e. The van der Waals surface area contributed by atoms with E-state index in [0.717, 1.165) is 13.2 Å². The van der Waals surface area contributed by atoms with Gasteiger partial charge in [0.15, 0.2) is 0 Å². The van der Waals surface area contributed by atoms with Crippen LogP contribution in [-0.2, 0) is 4.84 Å². The van der Waals surface area contributed by atoms with Crippen LogP contribution in [0.25, 0.3) is 0 Å². The molecule has 1 unspecified atom stereocenters. The van der Waals surface area contributed by atoms with Crippen LogP contribution in [0.2, 0.25) is 0 Å². The van der Waals surface area contributed by atoms with Gasteiger partial charge in [-0.15, -0.1) is 0 Å². The van der Waals surface area contributed by atoms with Crippen molar-refractivity contribution >= 4 is 0 Å². The topological polar surface area (TPSA) is 33.3 Å². The summed E-state index contributed by atoms with van der Waals surface area (Å²) in [6.45, 7) is 3.13. The highest BCUT2D eigenvalue weighted by Gasteiger charge is 2.11. The average Bonchev–Trinajstić information content (AvgIpc) is 2.03. The van der Waals surface area contributed by atoms with Crippen molar-refractivity contribution in [3.05, 3.63) is 0 Å². The van der Waals surface area contributed by atoms with Crippen LogP contribution in [-0.4, -0.2) is 26.7 Å². The standard InChI is InChI=1S/C7H16N2O/c1-8-10-6-7-3-2-4-9-5-7/h7-9H,2-6H2,1H3. The van der Waals surface area contributed by atoms with Crippen molar-refractivity contribution in [2.45, 2.75) is 12.8 Å². The Morgan fingerprint density at radius 3 is 3.20 bits per heavy atom. The van der Waals surface area contributed by atoms with E-state index in [1.54, 1.807) is 7.05 Å². The fourth-order valence-electron chi connectivity index (χ4n) is 1.27. The third kappa shape index (κ3) is 2.64. The van der Waals surface area contributed by atoms with Crippen LogP contribution in [0.4, 0.5) is 0 Å². The third-order valence-corrected chi connectivity index (χ3v) is 1.86. The fraction of sp³-hybridized carbons (Fsp3) is 1.00. The molecular weight excluding hydrogens is 128 g/mol. The lowest BCUT2D eigenvalue weighted by molar-refractivity contribution is 0.0261. The molecule has 0 saturated carbocycles. The second kappa shape index (κ2) is 4.66. The normalized spacial score (nSPS) is 26.7. The molecule has 2 N–H and O–H groups in total. The van der Waals surface area contributed by atoms with Gasteiger partial charge in [0.25, 0.3) is 0 Å². The molecule has 1 heterocycles. The minimum absolute atomic E-state index is 0.709. The van der Waals surface area contributed by atoms with Gasteiger partial charge in [0.05, 0.1) is 6.61 Å². The molecule has 0 amide bonds. The number of nitrogens with one attached hydrogen (secondary N) is 2. The van der Waals surface area contributed by atoms with Crippen LogP contribution < -0.4 is 10.8 Å². The van der Waals surface area contributed by atoms with Crippen molar-refractivity contribution in [2.24, 2.45) is 5.92 Å². The average molecular weight is 144 g/mol. The summed E-state index contributed by atoms with van der Waals surface area (Å²) in [5.41, 5.74) is 2.69. The van der Waals surface area contributed by atoms with Crippen LogP contribution >= 0.6 is 0 Å². The SMILES string of the molecule is CNOCC1CCCNC1. The molecule has 60 valence electrons. The first-order chi connectivity index (χ1) is 4.93. The van der Waals surface area contributed by atoms with Gasteiger partial charge < -0.3 is 10.2 Å². The van der Waals surface area contributed by atoms with E-state index in [0.29, 0.717) is 5.92 Å². The van der Waals surface area contributed by atoms with Gasteiger partial charge in [-0.2, -0.15) is 0 Å². The number of hydrogen-bond donors (Lipinski definition) is 2. The van der Waals surface area contributed by atoms with E-state index in [-0.39, 0.29) is 0 Å². The van der Waals surface area contributed by atoms with E-state index in [9.17, 15) is 0 Å². The maximum atomic E-state index is 5.08. The summed E-state index contributed by atoms with van der Waals surface area (Å²) >= 11 is 0. The molecule has 1 rings (SSSR count). The van der Waals surface area contributed by atoms with Gasteiger partial charge in [-0.05, 0) is 25.3 Å². The minimum Gasteiger partial charge on any atom is -0.316 e. The van der Waals surface area contributed by atoms with Gasteiger partial charge in [-0.1, -0.05) is 0 Å². The third-order valence-electron chi connectivity index (χ3n) is 1.86. The number of hydrogen-bond acceptors (Lipinski definition) is 3. The molecule has 1 aliphatic rings. The Labute approximate surface area is 62.1 Å². The second-order valence-corrected chi connectivity index (χ2v) is 2.73. The van der Waals surface area contributed by atoms with Gasteiger partial charge in [-0.25, -0.2) is 5.48 Å². The molecule has 0 radical (unpaired) electrons. The minimum atomic E-state index is 0.709. The Balaban J connectivity index is 2.02. The summed E-state index contributed by atoms with van der Waals surface area (Å²) < 4.78 is 0. The molecule has 3 heteroatoms. The number of hydroxylamine groups is 1.